The van der Waals surface area contributed by atoms with E-state index >= 15 is 0 Å². The van der Waals surface area contributed by atoms with E-state index in [1.54, 1.807) is 0 Å². The van der Waals surface area contributed by atoms with Gasteiger partial charge in [0.15, 0.2) is 5.82 Å². The molecule has 2 rings (SSSR count). The molecule has 0 heterocycles. The first-order valence-electron chi connectivity index (χ1n) is 5.41. The lowest BCUT2D eigenvalue weighted by atomic mass is 10.2. The quantitative estimate of drug-likeness (QED) is 0.575. The van der Waals surface area contributed by atoms with Gasteiger partial charge in [-0.05, 0) is 34.1 Å². The first kappa shape index (κ1) is 15.1. The van der Waals surface area contributed by atoms with Crippen molar-refractivity contribution in [2.24, 2.45) is 0 Å². The molecule has 0 spiro atoms. The zero-order chi connectivity index (χ0) is 14.9. The van der Waals surface area contributed by atoms with Crippen molar-refractivity contribution in [3.8, 4) is 0 Å². The minimum absolute atomic E-state index is 0.0846. The van der Waals surface area contributed by atoms with E-state index in [1.165, 1.54) is 6.07 Å². The van der Waals surface area contributed by atoms with Crippen LogP contribution in [-0.4, -0.2) is 0 Å². The third kappa shape index (κ3) is 3.07. The fraction of sp³-hybridized carbons (Fsp3) is 0.0769. The van der Waals surface area contributed by atoms with Gasteiger partial charge in [0.2, 0.25) is 0 Å². The van der Waals surface area contributed by atoms with Crippen molar-refractivity contribution in [1.82, 2.24) is 0 Å². The number of anilines is 1. The summed E-state index contributed by atoms with van der Waals surface area (Å²) < 4.78 is 53.7. The molecule has 0 aliphatic carbocycles. The first-order chi connectivity index (χ1) is 9.40. The highest BCUT2D eigenvalue weighted by Crippen LogP contribution is 2.28. The lowest BCUT2D eigenvalue weighted by Gasteiger charge is -2.11. The third-order valence-electron chi connectivity index (χ3n) is 2.59. The summed E-state index contributed by atoms with van der Waals surface area (Å²) in [5.41, 5.74) is -0.494. The van der Waals surface area contributed by atoms with Crippen LogP contribution in [-0.2, 0) is 6.54 Å². The van der Waals surface area contributed by atoms with Crippen LogP contribution in [0.2, 0.25) is 5.02 Å². The van der Waals surface area contributed by atoms with E-state index in [9.17, 15) is 17.6 Å². The molecule has 0 aliphatic heterocycles. The zero-order valence-electron chi connectivity index (χ0n) is 9.78. The van der Waals surface area contributed by atoms with Gasteiger partial charge in [-0.1, -0.05) is 11.6 Å². The highest BCUT2D eigenvalue weighted by molar-refractivity contribution is 9.10. The van der Waals surface area contributed by atoms with Crippen LogP contribution in [0.4, 0.5) is 23.2 Å². The van der Waals surface area contributed by atoms with Crippen LogP contribution in [0, 0.1) is 23.3 Å². The molecular weight excluding hydrogens is 361 g/mol. The molecule has 0 aromatic heterocycles. The molecule has 0 bridgehead atoms. The van der Waals surface area contributed by atoms with Gasteiger partial charge in [0.05, 0.1) is 15.2 Å². The Balaban J connectivity index is 2.28. The molecule has 1 N–H and O–H groups in total. The summed E-state index contributed by atoms with van der Waals surface area (Å²) in [6.07, 6.45) is 0. The molecule has 0 unspecified atom stereocenters. The van der Waals surface area contributed by atoms with E-state index in [2.05, 4.69) is 21.2 Å². The van der Waals surface area contributed by atoms with Crippen molar-refractivity contribution in [2.75, 3.05) is 5.32 Å². The van der Waals surface area contributed by atoms with Gasteiger partial charge in [-0.2, -0.15) is 0 Å². The van der Waals surface area contributed by atoms with Gasteiger partial charge in [-0.25, -0.2) is 17.6 Å². The second kappa shape index (κ2) is 6.01. The predicted molar refractivity (Wildman–Crippen MR) is 72.8 cm³/mol. The van der Waals surface area contributed by atoms with Gasteiger partial charge in [0, 0.05) is 18.2 Å². The summed E-state index contributed by atoms with van der Waals surface area (Å²) >= 11 is 8.60. The normalized spacial score (nSPS) is 10.7. The third-order valence-corrected chi connectivity index (χ3v) is 3.50. The first-order valence-corrected chi connectivity index (χ1v) is 6.58. The SMILES string of the molecule is Fc1cc(F)c(NCc2c(F)ccc(Br)c2F)c(Cl)c1. The van der Waals surface area contributed by atoms with Gasteiger partial charge < -0.3 is 5.32 Å². The van der Waals surface area contributed by atoms with Gasteiger partial charge in [0.1, 0.15) is 17.5 Å². The van der Waals surface area contributed by atoms with Crippen LogP contribution in [0.3, 0.4) is 0 Å². The van der Waals surface area contributed by atoms with E-state index < -0.39 is 23.3 Å². The van der Waals surface area contributed by atoms with E-state index in [0.717, 1.165) is 12.1 Å². The van der Waals surface area contributed by atoms with Crippen LogP contribution >= 0.6 is 27.5 Å². The average molecular weight is 369 g/mol. The second-order valence-electron chi connectivity index (χ2n) is 3.92. The summed E-state index contributed by atoms with van der Waals surface area (Å²) in [5, 5.41) is 2.25. The Morgan fingerprint density at radius 1 is 1.05 bits per heavy atom. The van der Waals surface area contributed by atoms with Gasteiger partial charge in [-0.15, -0.1) is 0 Å². The van der Waals surface area contributed by atoms with Crippen molar-refractivity contribution in [3.63, 3.8) is 0 Å². The van der Waals surface area contributed by atoms with E-state index in [1.807, 2.05) is 0 Å². The molecule has 0 aliphatic rings. The van der Waals surface area contributed by atoms with Gasteiger partial charge >= 0.3 is 0 Å². The monoisotopic (exact) mass is 367 g/mol. The zero-order valence-corrected chi connectivity index (χ0v) is 12.1. The molecule has 0 fully saturated rings. The highest BCUT2D eigenvalue weighted by atomic mass is 79.9. The van der Waals surface area contributed by atoms with Crippen LogP contribution in [0.1, 0.15) is 5.56 Å². The molecule has 0 saturated carbocycles. The van der Waals surface area contributed by atoms with E-state index in [4.69, 9.17) is 11.6 Å². The molecule has 2 aromatic carbocycles. The molecule has 0 atom stereocenters. The molecule has 20 heavy (non-hydrogen) atoms. The van der Waals surface area contributed by atoms with Crippen LogP contribution in [0.15, 0.2) is 28.7 Å². The number of hydrogen-bond acceptors (Lipinski definition) is 1. The Bertz CT molecular complexity index is 640. The average Bonchev–Trinajstić information content (AvgIpc) is 2.36. The summed E-state index contributed by atoms with van der Waals surface area (Å²) in [4.78, 5) is 0. The lowest BCUT2D eigenvalue weighted by molar-refractivity contribution is 0.554. The Labute approximate surface area is 125 Å². The summed E-state index contributed by atoms with van der Waals surface area (Å²) in [6, 6.07) is 3.83. The maximum atomic E-state index is 13.7. The molecule has 0 radical (unpaired) electrons. The van der Waals surface area contributed by atoms with Crippen LogP contribution in [0.5, 0.6) is 0 Å². The van der Waals surface area contributed by atoms with Gasteiger partial charge in [-0.3, -0.25) is 0 Å². The number of rotatable bonds is 3. The highest BCUT2D eigenvalue weighted by Gasteiger charge is 2.15. The minimum Gasteiger partial charge on any atom is -0.377 e. The number of halogens is 6. The fourth-order valence-electron chi connectivity index (χ4n) is 1.62. The Kier molecular flexibility index (Phi) is 4.55. The maximum absolute atomic E-state index is 13.7. The topological polar surface area (TPSA) is 12.0 Å². The molecule has 0 amide bonds. The fourth-order valence-corrected chi connectivity index (χ4v) is 2.25. The van der Waals surface area contributed by atoms with Crippen molar-refractivity contribution in [1.29, 1.82) is 0 Å². The molecule has 1 nitrogen and oxygen atoms in total. The molecule has 7 heteroatoms. The summed E-state index contributed by atoms with van der Waals surface area (Å²) in [5.74, 6) is -3.35. The van der Waals surface area contributed by atoms with Crippen molar-refractivity contribution >= 4 is 33.2 Å². The lowest BCUT2D eigenvalue weighted by Crippen LogP contribution is -2.07. The second-order valence-corrected chi connectivity index (χ2v) is 5.18. The summed E-state index contributed by atoms with van der Waals surface area (Å²) in [6.45, 7) is -0.334. The minimum atomic E-state index is -0.939. The van der Waals surface area contributed by atoms with E-state index in [-0.39, 0.29) is 27.3 Å². The van der Waals surface area contributed by atoms with Gasteiger partial charge in [0.25, 0.3) is 0 Å². The molecule has 0 saturated heterocycles. The Morgan fingerprint density at radius 2 is 1.75 bits per heavy atom. The molecule has 2 aromatic rings. The van der Waals surface area contributed by atoms with Crippen LogP contribution in [0.25, 0.3) is 0 Å². The summed E-state index contributed by atoms with van der Waals surface area (Å²) in [7, 11) is 0. The molecular formula is C13H7BrClF4N. The largest absolute Gasteiger partial charge is 0.377 e. The Hall–Kier alpha value is -1.27. The van der Waals surface area contributed by atoms with Crippen molar-refractivity contribution < 1.29 is 17.6 Å². The smallest absolute Gasteiger partial charge is 0.150 e. The molecule has 106 valence electrons. The van der Waals surface area contributed by atoms with Crippen molar-refractivity contribution in [2.45, 2.75) is 6.54 Å². The number of hydrogen-bond donors (Lipinski definition) is 1. The standard InChI is InChI=1S/C13H7BrClF4N/c14-8-1-2-10(17)7(12(8)19)5-20-13-9(15)3-6(16)4-11(13)18/h1-4,20H,5H2. The van der Waals surface area contributed by atoms with Crippen molar-refractivity contribution in [3.05, 3.63) is 62.6 Å². The maximum Gasteiger partial charge on any atom is 0.150 e. The predicted octanol–water partition coefficient (Wildman–Crippen LogP) is 5.27. The number of benzene rings is 2. The Morgan fingerprint density at radius 3 is 2.40 bits per heavy atom. The number of nitrogens with one attached hydrogen (secondary N) is 1. The van der Waals surface area contributed by atoms with Crippen LogP contribution < -0.4 is 5.32 Å². The van der Waals surface area contributed by atoms with E-state index in [0.29, 0.717) is 6.07 Å².